The van der Waals surface area contributed by atoms with E-state index in [1.807, 2.05) is 24.3 Å². The van der Waals surface area contributed by atoms with Crippen molar-refractivity contribution in [1.29, 1.82) is 0 Å². The van der Waals surface area contributed by atoms with Crippen LogP contribution in [0.3, 0.4) is 0 Å². The van der Waals surface area contributed by atoms with Crippen LogP contribution in [0.2, 0.25) is 5.02 Å². The van der Waals surface area contributed by atoms with E-state index in [2.05, 4.69) is 10.6 Å². The minimum atomic E-state index is -0.0205. The molecule has 0 fully saturated rings. The average Bonchev–Trinajstić information content (AvgIpc) is 2.55. The number of rotatable bonds is 7. The Morgan fingerprint density at radius 2 is 1.65 bits per heavy atom. The third-order valence-electron chi connectivity index (χ3n) is 3.38. The summed E-state index contributed by atoms with van der Waals surface area (Å²) in [6, 6.07) is 14.6. The summed E-state index contributed by atoms with van der Waals surface area (Å²) in [6.07, 6.45) is 0.377. The van der Waals surface area contributed by atoms with Gasteiger partial charge in [0.1, 0.15) is 0 Å². The highest BCUT2D eigenvalue weighted by Crippen LogP contribution is 2.10. The molecule has 120 valence electrons. The lowest BCUT2D eigenvalue weighted by molar-refractivity contribution is -0.121. The minimum absolute atomic E-state index is 0.0205. The van der Waals surface area contributed by atoms with E-state index in [9.17, 15) is 9.59 Å². The number of benzene rings is 2. The fourth-order valence-corrected chi connectivity index (χ4v) is 2.16. The van der Waals surface area contributed by atoms with Gasteiger partial charge in [0.2, 0.25) is 5.91 Å². The van der Waals surface area contributed by atoms with Crippen LogP contribution in [0.4, 0.5) is 5.69 Å². The first kappa shape index (κ1) is 17.0. The second kappa shape index (κ2) is 8.34. The Morgan fingerprint density at radius 1 is 1.00 bits per heavy atom. The monoisotopic (exact) mass is 330 g/mol. The molecule has 0 unspecified atom stereocenters. The molecule has 2 N–H and O–H groups in total. The second-order valence-corrected chi connectivity index (χ2v) is 5.65. The molecule has 1 amide bonds. The van der Waals surface area contributed by atoms with Gasteiger partial charge in [-0.2, -0.15) is 0 Å². The number of halogens is 1. The first-order chi connectivity index (χ1) is 11.0. The summed E-state index contributed by atoms with van der Waals surface area (Å²) in [5, 5.41) is 6.70. The number of Topliss-reactive ketones (excluding diaryl/α,β-unsaturated/α-hetero) is 1. The molecule has 0 radical (unpaired) electrons. The molecule has 2 aromatic carbocycles. The van der Waals surface area contributed by atoms with Gasteiger partial charge in [-0.05, 0) is 48.9 Å². The Kier molecular flexibility index (Phi) is 6.18. The van der Waals surface area contributed by atoms with Gasteiger partial charge < -0.3 is 10.6 Å². The zero-order chi connectivity index (χ0) is 16.7. The number of hydrogen-bond donors (Lipinski definition) is 2. The van der Waals surface area contributed by atoms with Gasteiger partial charge in [0.05, 0.1) is 0 Å². The predicted octanol–water partition coefficient (Wildman–Crippen LogP) is 3.66. The lowest BCUT2D eigenvalue weighted by Crippen LogP contribution is -2.24. The zero-order valence-corrected chi connectivity index (χ0v) is 13.7. The Bertz CT molecular complexity index is 666. The van der Waals surface area contributed by atoms with E-state index in [0.29, 0.717) is 30.1 Å². The SMILES string of the molecule is CC(=O)c1ccc(NCCC(=O)NCc2ccc(Cl)cc2)cc1. The van der Waals surface area contributed by atoms with Crippen LogP contribution in [0.1, 0.15) is 29.3 Å². The van der Waals surface area contributed by atoms with Gasteiger partial charge in [0, 0.05) is 35.8 Å². The molecular weight excluding hydrogens is 312 g/mol. The van der Waals surface area contributed by atoms with Crippen LogP contribution in [-0.4, -0.2) is 18.2 Å². The van der Waals surface area contributed by atoms with Crippen molar-refractivity contribution in [3.05, 3.63) is 64.7 Å². The summed E-state index contributed by atoms with van der Waals surface area (Å²) in [4.78, 5) is 23.0. The summed E-state index contributed by atoms with van der Waals surface area (Å²) >= 11 is 5.81. The standard InChI is InChI=1S/C18H19ClN2O2/c1-13(22)15-4-8-17(9-5-15)20-11-10-18(23)21-12-14-2-6-16(19)7-3-14/h2-9,20H,10-12H2,1H3,(H,21,23). The molecule has 0 bridgehead atoms. The largest absolute Gasteiger partial charge is 0.385 e. The van der Waals surface area contributed by atoms with E-state index in [1.54, 1.807) is 24.3 Å². The van der Waals surface area contributed by atoms with Crippen LogP contribution in [0.25, 0.3) is 0 Å². The molecule has 0 aliphatic carbocycles. The van der Waals surface area contributed by atoms with Crippen molar-refractivity contribution in [3.63, 3.8) is 0 Å². The van der Waals surface area contributed by atoms with Crippen molar-refractivity contribution in [1.82, 2.24) is 5.32 Å². The third kappa shape index (κ3) is 5.75. The Labute approximate surface area is 140 Å². The van der Waals surface area contributed by atoms with Crippen LogP contribution < -0.4 is 10.6 Å². The first-order valence-corrected chi connectivity index (χ1v) is 7.78. The quantitative estimate of drug-likeness (QED) is 0.762. The van der Waals surface area contributed by atoms with Gasteiger partial charge in [0.15, 0.2) is 5.78 Å². The van der Waals surface area contributed by atoms with Crippen LogP contribution in [0.5, 0.6) is 0 Å². The molecule has 2 rings (SSSR count). The molecular formula is C18H19ClN2O2. The van der Waals surface area contributed by atoms with Gasteiger partial charge in [0.25, 0.3) is 0 Å². The molecule has 0 atom stereocenters. The topological polar surface area (TPSA) is 58.2 Å². The molecule has 2 aromatic rings. The van der Waals surface area contributed by atoms with Gasteiger partial charge in [-0.15, -0.1) is 0 Å². The van der Waals surface area contributed by atoms with Crippen LogP contribution in [0.15, 0.2) is 48.5 Å². The van der Waals surface area contributed by atoms with Crippen molar-refractivity contribution >= 4 is 29.0 Å². The Morgan fingerprint density at radius 3 is 2.26 bits per heavy atom. The van der Waals surface area contributed by atoms with Crippen molar-refractivity contribution < 1.29 is 9.59 Å². The van der Waals surface area contributed by atoms with Gasteiger partial charge in [-0.25, -0.2) is 0 Å². The predicted molar refractivity (Wildman–Crippen MR) is 92.9 cm³/mol. The molecule has 0 aliphatic rings. The first-order valence-electron chi connectivity index (χ1n) is 7.40. The number of amides is 1. The molecule has 0 aliphatic heterocycles. The third-order valence-corrected chi connectivity index (χ3v) is 3.63. The van der Waals surface area contributed by atoms with Crippen molar-refractivity contribution in [2.45, 2.75) is 19.9 Å². The van der Waals surface area contributed by atoms with Gasteiger partial charge >= 0.3 is 0 Å². The zero-order valence-electron chi connectivity index (χ0n) is 12.9. The highest BCUT2D eigenvalue weighted by Gasteiger charge is 2.02. The maximum Gasteiger partial charge on any atom is 0.222 e. The van der Waals surface area contributed by atoms with E-state index in [1.165, 1.54) is 6.92 Å². The molecule has 0 spiro atoms. The fraction of sp³-hybridized carbons (Fsp3) is 0.222. The van der Waals surface area contributed by atoms with Crippen molar-refractivity contribution in [2.75, 3.05) is 11.9 Å². The normalized spacial score (nSPS) is 10.2. The summed E-state index contributed by atoms with van der Waals surface area (Å²) < 4.78 is 0. The molecule has 23 heavy (non-hydrogen) atoms. The van der Waals surface area contributed by atoms with E-state index in [4.69, 9.17) is 11.6 Å². The minimum Gasteiger partial charge on any atom is -0.385 e. The van der Waals surface area contributed by atoms with E-state index in [0.717, 1.165) is 11.3 Å². The van der Waals surface area contributed by atoms with Crippen LogP contribution in [0, 0.1) is 0 Å². The fourth-order valence-electron chi connectivity index (χ4n) is 2.03. The maximum atomic E-state index is 11.8. The van der Waals surface area contributed by atoms with Crippen LogP contribution in [-0.2, 0) is 11.3 Å². The van der Waals surface area contributed by atoms with Crippen molar-refractivity contribution in [2.24, 2.45) is 0 Å². The van der Waals surface area contributed by atoms with E-state index >= 15 is 0 Å². The number of ketones is 1. The molecule has 4 nitrogen and oxygen atoms in total. The summed E-state index contributed by atoms with van der Waals surface area (Å²) in [6.45, 7) is 2.56. The smallest absolute Gasteiger partial charge is 0.222 e. The number of anilines is 1. The summed E-state index contributed by atoms with van der Waals surface area (Å²) in [5.41, 5.74) is 2.58. The lowest BCUT2D eigenvalue weighted by Gasteiger charge is -2.08. The van der Waals surface area contributed by atoms with Gasteiger partial charge in [-0.1, -0.05) is 23.7 Å². The summed E-state index contributed by atoms with van der Waals surface area (Å²) in [5.74, 6) is 0.0194. The number of hydrogen-bond acceptors (Lipinski definition) is 3. The second-order valence-electron chi connectivity index (χ2n) is 5.21. The average molecular weight is 331 g/mol. The lowest BCUT2D eigenvalue weighted by atomic mass is 10.1. The van der Waals surface area contributed by atoms with Gasteiger partial charge in [-0.3, -0.25) is 9.59 Å². The number of carbonyl (C=O) groups is 2. The summed E-state index contributed by atoms with van der Waals surface area (Å²) in [7, 11) is 0. The van der Waals surface area contributed by atoms with E-state index in [-0.39, 0.29) is 11.7 Å². The number of carbonyl (C=O) groups excluding carboxylic acids is 2. The van der Waals surface area contributed by atoms with E-state index < -0.39 is 0 Å². The maximum absolute atomic E-state index is 11.8. The Hall–Kier alpha value is -2.33. The number of nitrogens with one attached hydrogen (secondary N) is 2. The Balaban J connectivity index is 1.70. The van der Waals surface area contributed by atoms with Crippen molar-refractivity contribution in [3.8, 4) is 0 Å². The molecule has 5 heteroatoms. The van der Waals surface area contributed by atoms with Crippen LogP contribution >= 0.6 is 11.6 Å². The highest BCUT2D eigenvalue weighted by molar-refractivity contribution is 6.30. The molecule has 0 aromatic heterocycles. The molecule has 0 heterocycles. The molecule has 0 saturated carbocycles. The highest BCUT2D eigenvalue weighted by atomic mass is 35.5. The molecule has 0 saturated heterocycles.